The van der Waals surface area contributed by atoms with Crippen molar-refractivity contribution in [2.75, 3.05) is 0 Å². The Hall–Kier alpha value is 0. The molecule has 0 aromatic carbocycles. The van der Waals surface area contributed by atoms with Crippen molar-refractivity contribution in [1.82, 2.24) is 0 Å². The second-order valence-electron chi connectivity index (χ2n) is 4.83. The Morgan fingerprint density at radius 3 is 2.50 bits per heavy atom. The van der Waals surface area contributed by atoms with Crippen LogP contribution in [0.5, 0.6) is 0 Å². The van der Waals surface area contributed by atoms with Crippen molar-refractivity contribution < 1.29 is 0 Å². The molecular weight excluding hydrogens is 144 g/mol. The largest absolute Gasteiger partial charge is 0.0651 e. The lowest BCUT2D eigenvalue weighted by Gasteiger charge is -2.45. The van der Waals surface area contributed by atoms with Crippen LogP contribution in [0.25, 0.3) is 0 Å². The van der Waals surface area contributed by atoms with Crippen LogP contribution in [0.2, 0.25) is 0 Å². The summed E-state index contributed by atoms with van der Waals surface area (Å²) in [5.74, 6) is 1.09. The van der Waals surface area contributed by atoms with Gasteiger partial charge in [-0.1, -0.05) is 39.0 Å². The summed E-state index contributed by atoms with van der Waals surface area (Å²) in [6.45, 7) is 2.30. The van der Waals surface area contributed by atoms with E-state index in [1.807, 2.05) is 0 Å². The van der Waals surface area contributed by atoms with Crippen LogP contribution in [-0.4, -0.2) is 0 Å². The summed E-state index contributed by atoms with van der Waals surface area (Å²) >= 11 is 0. The van der Waals surface area contributed by atoms with E-state index in [2.05, 4.69) is 13.3 Å². The Morgan fingerprint density at radius 2 is 1.92 bits per heavy atom. The molecule has 2 saturated carbocycles. The van der Waals surface area contributed by atoms with E-state index in [1.54, 1.807) is 0 Å². The molecule has 2 aliphatic carbocycles. The minimum Gasteiger partial charge on any atom is -0.0651 e. The summed E-state index contributed by atoms with van der Waals surface area (Å²) in [5, 5.41) is 0. The molecule has 0 heteroatoms. The van der Waals surface area contributed by atoms with E-state index in [4.69, 9.17) is 0 Å². The van der Waals surface area contributed by atoms with Crippen LogP contribution in [0.15, 0.2) is 0 Å². The first-order chi connectivity index (χ1) is 5.85. The predicted molar refractivity (Wildman–Crippen MR) is 52.8 cm³/mol. The molecule has 0 aromatic rings. The Labute approximate surface area is 76.7 Å². The first-order valence-electron chi connectivity index (χ1n) is 5.69. The normalized spacial score (nSPS) is 41.2. The summed E-state index contributed by atoms with van der Waals surface area (Å²) < 4.78 is 0. The molecular formula is C12H21. The second-order valence-corrected chi connectivity index (χ2v) is 4.83. The molecule has 0 aliphatic heterocycles. The highest BCUT2D eigenvalue weighted by Crippen LogP contribution is 2.50. The van der Waals surface area contributed by atoms with Gasteiger partial charge in [0.05, 0.1) is 0 Å². The highest BCUT2D eigenvalue weighted by Gasteiger charge is 2.38. The van der Waals surface area contributed by atoms with Crippen LogP contribution in [0, 0.1) is 17.8 Å². The lowest BCUT2D eigenvalue weighted by atomic mass is 9.60. The SMILES string of the molecule is CC[CH]C12CCCC(CCC1)C2. The van der Waals surface area contributed by atoms with Crippen LogP contribution in [0.1, 0.15) is 58.3 Å². The molecule has 0 saturated heterocycles. The number of hydrogen-bond donors (Lipinski definition) is 0. The molecule has 0 aromatic heterocycles. The van der Waals surface area contributed by atoms with Crippen LogP contribution in [0.4, 0.5) is 0 Å². The van der Waals surface area contributed by atoms with Crippen LogP contribution < -0.4 is 0 Å². The van der Waals surface area contributed by atoms with Crippen molar-refractivity contribution in [2.24, 2.45) is 11.3 Å². The average molecular weight is 165 g/mol. The first kappa shape index (κ1) is 8.59. The zero-order valence-electron chi connectivity index (χ0n) is 8.31. The second kappa shape index (κ2) is 3.40. The highest BCUT2D eigenvalue weighted by molar-refractivity contribution is 4.98. The van der Waals surface area contributed by atoms with Crippen molar-refractivity contribution in [3.8, 4) is 0 Å². The first-order valence-corrected chi connectivity index (χ1v) is 5.69. The maximum absolute atomic E-state index is 2.62. The monoisotopic (exact) mass is 165 g/mol. The Bertz CT molecular complexity index is 133. The molecule has 12 heavy (non-hydrogen) atoms. The zero-order chi connectivity index (χ0) is 8.44. The molecule has 2 rings (SSSR count). The van der Waals surface area contributed by atoms with Crippen molar-refractivity contribution >= 4 is 0 Å². The van der Waals surface area contributed by atoms with E-state index >= 15 is 0 Å². The van der Waals surface area contributed by atoms with Crippen molar-refractivity contribution in [1.29, 1.82) is 0 Å². The van der Waals surface area contributed by atoms with E-state index < -0.39 is 0 Å². The predicted octanol–water partition coefficient (Wildman–Crippen LogP) is 3.96. The quantitative estimate of drug-likeness (QED) is 0.581. The fourth-order valence-corrected chi connectivity index (χ4v) is 3.46. The van der Waals surface area contributed by atoms with Gasteiger partial charge in [-0.15, -0.1) is 0 Å². The summed E-state index contributed by atoms with van der Waals surface area (Å²) in [5.41, 5.74) is 0.704. The Morgan fingerprint density at radius 1 is 1.25 bits per heavy atom. The lowest BCUT2D eigenvalue weighted by molar-refractivity contribution is 0.106. The maximum atomic E-state index is 2.62. The number of hydrogen-bond acceptors (Lipinski definition) is 0. The van der Waals surface area contributed by atoms with Crippen LogP contribution >= 0.6 is 0 Å². The topological polar surface area (TPSA) is 0 Å². The highest BCUT2D eigenvalue weighted by atomic mass is 14.4. The van der Waals surface area contributed by atoms with Gasteiger partial charge in [0.2, 0.25) is 0 Å². The summed E-state index contributed by atoms with van der Waals surface area (Å²) in [7, 11) is 0. The molecule has 0 nitrogen and oxygen atoms in total. The van der Waals surface area contributed by atoms with Gasteiger partial charge in [0.15, 0.2) is 0 Å². The van der Waals surface area contributed by atoms with Gasteiger partial charge < -0.3 is 0 Å². The summed E-state index contributed by atoms with van der Waals surface area (Å²) in [6.07, 6.45) is 14.5. The van der Waals surface area contributed by atoms with Crippen molar-refractivity contribution in [3.05, 3.63) is 6.42 Å². The Kier molecular flexibility index (Phi) is 2.43. The number of rotatable bonds is 2. The third-order valence-electron chi connectivity index (χ3n) is 3.91. The summed E-state index contributed by atoms with van der Waals surface area (Å²) in [6, 6.07) is 0. The van der Waals surface area contributed by atoms with Gasteiger partial charge in [-0.2, -0.15) is 0 Å². The Balaban J connectivity index is 2.01. The van der Waals surface area contributed by atoms with Crippen LogP contribution in [-0.2, 0) is 0 Å². The van der Waals surface area contributed by atoms with Gasteiger partial charge in [0.25, 0.3) is 0 Å². The van der Waals surface area contributed by atoms with Gasteiger partial charge in [-0.05, 0) is 37.0 Å². The van der Waals surface area contributed by atoms with E-state index in [9.17, 15) is 0 Å². The van der Waals surface area contributed by atoms with Gasteiger partial charge in [0, 0.05) is 0 Å². The maximum Gasteiger partial charge on any atom is -0.0264 e. The van der Waals surface area contributed by atoms with Gasteiger partial charge >= 0.3 is 0 Å². The lowest BCUT2D eigenvalue weighted by Crippen LogP contribution is -2.33. The zero-order valence-corrected chi connectivity index (χ0v) is 8.31. The fraction of sp³-hybridized carbons (Fsp3) is 0.917. The molecule has 0 spiro atoms. The smallest absolute Gasteiger partial charge is 0.0264 e. The minimum absolute atomic E-state index is 0.704. The van der Waals surface area contributed by atoms with Crippen molar-refractivity contribution in [2.45, 2.75) is 58.3 Å². The third-order valence-corrected chi connectivity index (χ3v) is 3.91. The van der Waals surface area contributed by atoms with Gasteiger partial charge in [0.1, 0.15) is 0 Å². The standard InChI is InChI=1S/C12H21/c1-2-7-12-8-3-5-11(10-12)6-4-9-12/h7,11H,2-6,8-10H2,1H3. The molecule has 0 atom stereocenters. The third kappa shape index (κ3) is 1.53. The van der Waals surface area contributed by atoms with E-state index in [-0.39, 0.29) is 0 Å². The fourth-order valence-electron chi connectivity index (χ4n) is 3.46. The molecule has 2 fully saturated rings. The molecule has 1 radical (unpaired) electrons. The van der Waals surface area contributed by atoms with E-state index in [0.29, 0.717) is 5.41 Å². The molecule has 0 N–H and O–H groups in total. The van der Waals surface area contributed by atoms with E-state index in [0.717, 1.165) is 5.92 Å². The molecule has 0 amide bonds. The molecule has 2 aliphatic rings. The van der Waals surface area contributed by atoms with Gasteiger partial charge in [-0.25, -0.2) is 0 Å². The molecule has 69 valence electrons. The molecule has 0 unspecified atom stereocenters. The molecule has 2 bridgehead atoms. The summed E-state index contributed by atoms with van der Waals surface area (Å²) in [4.78, 5) is 0. The van der Waals surface area contributed by atoms with Gasteiger partial charge in [-0.3, -0.25) is 0 Å². The van der Waals surface area contributed by atoms with Crippen molar-refractivity contribution in [3.63, 3.8) is 0 Å². The average Bonchev–Trinajstić information content (AvgIpc) is 2.04. The molecule has 0 heterocycles. The minimum atomic E-state index is 0.704. The van der Waals surface area contributed by atoms with E-state index in [1.165, 1.54) is 51.4 Å². The number of fused-ring (bicyclic) bond motifs is 2. The van der Waals surface area contributed by atoms with Crippen LogP contribution in [0.3, 0.4) is 0 Å².